The van der Waals surface area contributed by atoms with Crippen molar-refractivity contribution in [3.05, 3.63) is 64.8 Å². The van der Waals surface area contributed by atoms with Crippen LogP contribution >= 0.6 is 11.6 Å². The van der Waals surface area contributed by atoms with Gasteiger partial charge in [-0.2, -0.15) is 0 Å². The van der Waals surface area contributed by atoms with Crippen LogP contribution in [0.5, 0.6) is 5.75 Å². The number of carbonyl (C=O) groups is 1. The number of nitrogens with one attached hydrogen (secondary N) is 1. The Bertz CT molecular complexity index is 1030. The number of halogens is 1. The van der Waals surface area contributed by atoms with Crippen LogP contribution in [-0.4, -0.2) is 37.1 Å². The van der Waals surface area contributed by atoms with Gasteiger partial charge in [-0.25, -0.2) is 0 Å². The Morgan fingerprint density at radius 1 is 1.14 bits per heavy atom. The molecule has 29 heavy (non-hydrogen) atoms. The van der Waals surface area contributed by atoms with Crippen molar-refractivity contribution in [1.82, 2.24) is 10.3 Å². The van der Waals surface area contributed by atoms with Crippen molar-refractivity contribution in [3.8, 4) is 5.75 Å². The van der Waals surface area contributed by atoms with Crippen molar-refractivity contribution < 1.29 is 9.53 Å². The summed E-state index contributed by atoms with van der Waals surface area (Å²) in [5.74, 6) is 0.788. The SMILES string of the molecule is COc1ccc(N2CCC(NC(=O)c3cc4cc(Cl)ccc4nc3C)CC2)cc1. The van der Waals surface area contributed by atoms with Crippen molar-refractivity contribution in [2.45, 2.75) is 25.8 Å². The van der Waals surface area contributed by atoms with E-state index in [-0.39, 0.29) is 11.9 Å². The lowest BCUT2D eigenvalue weighted by atomic mass is 10.0. The summed E-state index contributed by atoms with van der Waals surface area (Å²) in [5.41, 5.74) is 3.36. The van der Waals surface area contributed by atoms with Crippen LogP contribution in [-0.2, 0) is 0 Å². The number of piperidine rings is 1. The Labute approximate surface area is 175 Å². The van der Waals surface area contributed by atoms with E-state index in [1.54, 1.807) is 7.11 Å². The van der Waals surface area contributed by atoms with Crippen LogP contribution in [0, 0.1) is 6.92 Å². The van der Waals surface area contributed by atoms with Crippen LogP contribution in [0.2, 0.25) is 5.02 Å². The molecule has 1 N–H and O–H groups in total. The average Bonchev–Trinajstić information content (AvgIpc) is 2.74. The molecule has 1 fully saturated rings. The third kappa shape index (κ3) is 4.30. The summed E-state index contributed by atoms with van der Waals surface area (Å²) >= 11 is 6.09. The zero-order chi connectivity index (χ0) is 20.4. The highest BCUT2D eigenvalue weighted by Gasteiger charge is 2.22. The molecule has 0 radical (unpaired) electrons. The summed E-state index contributed by atoms with van der Waals surface area (Å²) in [7, 11) is 1.67. The molecular formula is C23H24ClN3O2. The summed E-state index contributed by atoms with van der Waals surface area (Å²) in [5, 5.41) is 4.70. The van der Waals surface area contributed by atoms with Gasteiger partial charge < -0.3 is 15.0 Å². The van der Waals surface area contributed by atoms with Gasteiger partial charge in [-0.15, -0.1) is 0 Å². The molecular weight excluding hydrogens is 386 g/mol. The number of aromatic nitrogens is 1. The lowest BCUT2D eigenvalue weighted by Gasteiger charge is -2.34. The van der Waals surface area contributed by atoms with Crippen molar-refractivity contribution in [2.75, 3.05) is 25.1 Å². The quantitative estimate of drug-likeness (QED) is 0.684. The molecule has 0 saturated carbocycles. The number of benzene rings is 2. The van der Waals surface area contributed by atoms with E-state index in [2.05, 4.69) is 27.3 Å². The lowest BCUT2D eigenvalue weighted by Crippen LogP contribution is -2.44. The van der Waals surface area contributed by atoms with Gasteiger partial charge in [0.2, 0.25) is 0 Å². The first-order valence-electron chi connectivity index (χ1n) is 9.80. The fourth-order valence-corrected chi connectivity index (χ4v) is 3.99. The molecule has 2 heterocycles. The molecule has 0 aliphatic carbocycles. The van der Waals surface area contributed by atoms with Gasteiger partial charge in [0.05, 0.1) is 23.9 Å². The number of nitrogens with zero attached hydrogens (tertiary/aromatic N) is 2. The van der Waals surface area contributed by atoms with Crippen LogP contribution in [0.4, 0.5) is 5.69 Å². The number of carbonyl (C=O) groups excluding carboxylic acids is 1. The zero-order valence-electron chi connectivity index (χ0n) is 16.6. The number of aryl methyl sites for hydroxylation is 1. The molecule has 2 aromatic carbocycles. The number of methoxy groups -OCH3 is 1. The minimum Gasteiger partial charge on any atom is -0.497 e. The molecule has 0 unspecified atom stereocenters. The molecule has 6 heteroatoms. The van der Waals surface area contributed by atoms with Gasteiger partial charge >= 0.3 is 0 Å². The van der Waals surface area contributed by atoms with Crippen molar-refractivity contribution >= 4 is 34.1 Å². The lowest BCUT2D eigenvalue weighted by molar-refractivity contribution is 0.0930. The van der Waals surface area contributed by atoms with Gasteiger partial charge in [0.15, 0.2) is 0 Å². The number of pyridine rings is 1. The van der Waals surface area contributed by atoms with E-state index in [0.717, 1.165) is 48.3 Å². The van der Waals surface area contributed by atoms with Gasteiger partial charge in [0, 0.05) is 35.2 Å². The normalized spacial score (nSPS) is 14.8. The number of fused-ring (bicyclic) bond motifs is 1. The van der Waals surface area contributed by atoms with E-state index in [0.29, 0.717) is 10.6 Å². The first-order valence-corrected chi connectivity index (χ1v) is 10.2. The first-order chi connectivity index (χ1) is 14.0. The molecule has 150 valence electrons. The molecule has 1 aliphatic heterocycles. The van der Waals surface area contributed by atoms with Crippen molar-refractivity contribution in [1.29, 1.82) is 0 Å². The molecule has 1 amide bonds. The van der Waals surface area contributed by atoms with Crippen molar-refractivity contribution in [2.24, 2.45) is 0 Å². The Balaban J connectivity index is 1.40. The number of hydrogen-bond donors (Lipinski definition) is 1. The number of rotatable bonds is 4. The van der Waals surface area contributed by atoms with Gasteiger partial charge in [-0.1, -0.05) is 11.6 Å². The van der Waals surface area contributed by atoms with Gasteiger partial charge in [-0.3, -0.25) is 9.78 Å². The third-order valence-corrected chi connectivity index (χ3v) is 5.71. The maximum Gasteiger partial charge on any atom is 0.253 e. The van der Waals surface area contributed by atoms with E-state index < -0.39 is 0 Å². The third-order valence-electron chi connectivity index (χ3n) is 5.48. The van der Waals surface area contributed by atoms with Crippen LogP contribution < -0.4 is 15.0 Å². The largest absolute Gasteiger partial charge is 0.497 e. The zero-order valence-corrected chi connectivity index (χ0v) is 17.4. The van der Waals surface area contributed by atoms with E-state index in [1.165, 1.54) is 5.69 Å². The highest BCUT2D eigenvalue weighted by atomic mass is 35.5. The summed E-state index contributed by atoms with van der Waals surface area (Å²) in [6, 6.07) is 15.7. The van der Waals surface area contributed by atoms with E-state index in [9.17, 15) is 4.79 Å². The smallest absolute Gasteiger partial charge is 0.253 e. The van der Waals surface area contributed by atoms with Gasteiger partial charge in [0.1, 0.15) is 5.75 Å². The standard InChI is InChI=1S/C23H24ClN3O2/c1-15-21(14-16-13-17(24)3-8-22(16)25-15)23(28)26-18-9-11-27(12-10-18)19-4-6-20(29-2)7-5-19/h3-8,13-14,18H,9-12H2,1-2H3,(H,26,28). The van der Waals surface area contributed by atoms with Crippen LogP contribution in [0.3, 0.4) is 0 Å². The molecule has 3 aromatic rings. The Morgan fingerprint density at radius 2 is 1.86 bits per heavy atom. The highest BCUT2D eigenvalue weighted by Crippen LogP contribution is 2.24. The fraction of sp³-hybridized carbons (Fsp3) is 0.304. The van der Waals surface area contributed by atoms with Gasteiger partial charge in [-0.05, 0) is 68.3 Å². The predicted octanol–water partition coefficient (Wildman–Crippen LogP) is 4.60. The second-order valence-corrected chi connectivity index (χ2v) is 7.83. The summed E-state index contributed by atoms with van der Waals surface area (Å²) in [4.78, 5) is 19.8. The fourth-order valence-electron chi connectivity index (χ4n) is 3.81. The maximum absolute atomic E-state index is 12.9. The average molecular weight is 410 g/mol. The first kappa shape index (κ1) is 19.5. The van der Waals surface area contributed by atoms with Crippen LogP contribution in [0.15, 0.2) is 48.5 Å². The minimum absolute atomic E-state index is 0.0697. The second kappa shape index (κ2) is 8.29. The van der Waals surface area contributed by atoms with Crippen molar-refractivity contribution in [3.63, 3.8) is 0 Å². The van der Waals surface area contributed by atoms with E-state index in [1.807, 2.05) is 43.3 Å². The monoisotopic (exact) mass is 409 g/mol. The predicted molar refractivity (Wildman–Crippen MR) is 117 cm³/mol. The molecule has 1 saturated heterocycles. The molecule has 0 bridgehead atoms. The number of hydrogen-bond acceptors (Lipinski definition) is 4. The molecule has 1 aromatic heterocycles. The Hall–Kier alpha value is -2.79. The summed E-state index contributed by atoms with van der Waals surface area (Å²) in [6.45, 7) is 3.68. The topological polar surface area (TPSA) is 54.5 Å². The molecule has 0 spiro atoms. The second-order valence-electron chi connectivity index (χ2n) is 7.39. The van der Waals surface area contributed by atoms with E-state index >= 15 is 0 Å². The Kier molecular flexibility index (Phi) is 5.58. The number of ether oxygens (including phenoxy) is 1. The molecule has 1 aliphatic rings. The van der Waals surface area contributed by atoms with Crippen LogP contribution in [0.25, 0.3) is 10.9 Å². The molecule has 0 atom stereocenters. The Morgan fingerprint density at radius 3 is 2.55 bits per heavy atom. The summed E-state index contributed by atoms with van der Waals surface area (Å²) < 4.78 is 5.22. The van der Waals surface area contributed by atoms with Gasteiger partial charge in [0.25, 0.3) is 5.91 Å². The van der Waals surface area contributed by atoms with Crippen LogP contribution in [0.1, 0.15) is 28.9 Å². The molecule has 5 nitrogen and oxygen atoms in total. The minimum atomic E-state index is -0.0697. The number of amides is 1. The van der Waals surface area contributed by atoms with E-state index in [4.69, 9.17) is 16.3 Å². The highest BCUT2D eigenvalue weighted by molar-refractivity contribution is 6.31. The maximum atomic E-state index is 12.9. The number of anilines is 1. The molecule has 4 rings (SSSR count). The summed E-state index contributed by atoms with van der Waals surface area (Å²) in [6.07, 6.45) is 1.81.